The number of carbonyl (C=O) groups is 1. The van der Waals surface area contributed by atoms with Crippen molar-refractivity contribution in [2.45, 2.75) is 69.6 Å². The van der Waals surface area contributed by atoms with Crippen molar-refractivity contribution in [3.8, 4) is 0 Å². The molecule has 3 heterocycles. The average Bonchev–Trinajstić information content (AvgIpc) is 3.22. The molecule has 3 atom stereocenters. The van der Waals surface area contributed by atoms with E-state index >= 15 is 0 Å². The Balaban J connectivity index is 1.40. The molecule has 20 heavy (non-hydrogen) atoms. The predicted molar refractivity (Wildman–Crippen MR) is 74.4 cm³/mol. The highest BCUT2D eigenvalue weighted by Gasteiger charge is 2.44. The van der Waals surface area contributed by atoms with E-state index in [1.54, 1.807) is 0 Å². The molecule has 1 aromatic heterocycles. The first-order chi connectivity index (χ1) is 9.79. The minimum atomic E-state index is 0.130. The van der Waals surface area contributed by atoms with Crippen LogP contribution in [-0.4, -0.2) is 27.8 Å². The van der Waals surface area contributed by atoms with Gasteiger partial charge in [-0.05, 0) is 38.2 Å². The van der Waals surface area contributed by atoms with Crippen LogP contribution in [0.2, 0.25) is 0 Å². The summed E-state index contributed by atoms with van der Waals surface area (Å²) in [6.45, 7) is 0. The third-order valence-electron chi connectivity index (χ3n) is 5.24. The van der Waals surface area contributed by atoms with Crippen LogP contribution in [0.25, 0.3) is 0 Å². The third kappa shape index (κ3) is 2.20. The van der Waals surface area contributed by atoms with Gasteiger partial charge in [0.25, 0.3) is 0 Å². The summed E-state index contributed by atoms with van der Waals surface area (Å²) in [7, 11) is 0. The van der Waals surface area contributed by atoms with Gasteiger partial charge in [-0.25, -0.2) is 0 Å². The van der Waals surface area contributed by atoms with Crippen LogP contribution in [0.1, 0.15) is 56.7 Å². The number of Topliss-reactive ketones (excluding diaryl/α,β-unsaturated/α-hetero) is 1. The van der Waals surface area contributed by atoms with Crippen molar-refractivity contribution in [2.75, 3.05) is 0 Å². The second-order valence-electron chi connectivity index (χ2n) is 6.58. The lowest BCUT2D eigenvalue weighted by Crippen LogP contribution is -2.26. The number of ketones is 1. The van der Waals surface area contributed by atoms with Crippen molar-refractivity contribution >= 4 is 5.78 Å². The fourth-order valence-corrected chi connectivity index (χ4v) is 4.13. The van der Waals surface area contributed by atoms with Crippen molar-refractivity contribution in [1.29, 1.82) is 0 Å². The molecule has 1 saturated carbocycles. The van der Waals surface area contributed by atoms with Gasteiger partial charge in [-0.15, -0.1) is 0 Å². The zero-order chi connectivity index (χ0) is 13.5. The molecule has 0 amide bonds. The fraction of sp³-hybridized carbons (Fsp3) is 0.750. The minimum Gasteiger partial charge on any atom is -0.374 e. The molecule has 108 valence electrons. The predicted octanol–water partition coefficient (Wildman–Crippen LogP) is 2.68. The van der Waals surface area contributed by atoms with Gasteiger partial charge in [-0.3, -0.25) is 9.48 Å². The maximum Gasteiger partial charge on any atom is 0.144 e. The van der Waals surface area contributed by atoms with Gasteiger partial charge in [0.05, 0.1) is 30.4 Å². The van der Waals surface area contributed by atoms with Crippen molar-refractivity contribution in [2.24, 2.45) is 5.92 Å². The zero-order valence-electron chi connectivity index (χ0n) is 11.8. The number of hydrogen-bond donors (Lipinski definition) is 0. The second-order valence-corrected chi connectivity index (χ2v) is 6.58. The molecule has 4 heteroatoms. The lowest BCUT2D eigenvalue weighted by atomic mass is 9.85. The SMILES string of the molecule is O=C(Cc1ccn(C2CCCC2)n1)C1CC2CCC1O2. The van der Waals surface area contributed by atoms with E-state index in [9.17, 15) is 4.79 Å². The molecule has 1 aliphatic carbocycles. The molecule has 0 spiro atoms. The number of ether oxygens (including phenoxy) is 1. The van der Waals surface area contributed by atoms with Crippen molar-refractivity contribution < 1.29 is 9.53 Å². The van der Waals surface area contributed by atoms with E-state index in [1.165, 1.54) is 25.7 Å². The summed E-state index contributed by atoms with van der Waals surface area (Å²) in [5, 5.41) is 4.62. The molecule has 0 aromatic carbocycles. The standard InChI is InChI=1S/C16H22N2O2/c19-15(14-10-13-5-6-16(14)20-13)9-11-7-8-18(17-11)12-3-1-2-4-12/h7-8,12-14,16H,1-6,9-10H2. The van der Waals surface area contributed by atoms with Crippen LogP contribution in [0.5, 0.6) is 0 Å². The van der Waals surface area contributed by atoms with Gasteiger partial charge >= 0.3 is 0 Å². The van der Waals surface area contributed by atoms with Crippen molar-refractivity contribution in [1.82, 2.24) is 9.78 Å². The molecular formula is C16H22N2O2. The van der Waals surface area contributed by atoms with Crippen LogP contribution in [0, 0.1) is 5.92 Å². The smallest absolute Gasteiger partial charge is 0.144 e. The van der Waals surface area contributed by atoms with E-state index < -0.39 is 0 Å². The Morgan fingerprint density at radius 2 is 2.15 bits per heavy atom. The van der Waals surface area contributed by atoms with Gasteiger partial charge in [-0.2, -0.15) is 5.10 Å². The molecule has 2 saturated heterocycles. The molecule has 4 rings (SSSR count). The Kier molecular flexibility index (Phi) is 3.14. The first kappa shape index (κ1) is 12.6. The van der Waals surface area contributed by atoms with Gasteiger partial charge < -0.3 is 4.74 Å². The van der Waals surface area contributed by atoms with Gasteiger partial charge in [0, 0.05) is 12.1 Å². The van der Waals surface area contributed by atoms with Gasteiger partial charge in [0.2, 0.25) is 0 Å². The number of fused-ring (bicyclic) bond motifs is 2. The van der Waals surface area contributed by atoms with Crippen LogP contribution < -0.4 is 0 Å². The number of carbonyl (C=O) groups excluding carboxylic acids is 1. The van der Waals surface area contributed by atoms with Gasteiger partial charge in [0.1, 0.15) is 5.78 Å². The molecule has 0 N–H and O–H groups in total. The molecule has 1 aromatic rings. The number of rotatable bonds is 4. The third-order valence-corrected chi connectivity index (χ3v) is 5.24. The molecule has 0 radical (unpaired) electrons. The number of aromatic nitrogens is 2. The molecule has 2 aliphatic heterocycles. The zero-order valence-corrected chi connectivity index (χ0v) is 11.8. The Labute approximate surface area is 119 Å². The summed E-state index contributed by atoms with van der Waals surface area (Å²) >= 11 is 0. The Bertz CT molecular complexity index is 504. The Morgan fingerprint density at radius 3 is 2.85 bits per heavy atom. The van der Waals surface area contributed by atoms with Crippen LogP contribution in [0.3, 0.4) is 0 Å². The maximum atomic E-state index is 12.4. The highest BCUT2D eigenvalue weighted by molar-refractivity contribution is 5.83. The summed E-state index contributed by atoms with van der Waals surface area (Å²) < 4.78 is 7.86. The highest BCUT2D eigenvalue weighted by atomic mass is 16.5. The molecule has 4 nitrogen and oxygen atoms in total. The quantitative estimate of drug-likeness (QED) is 0.848. The summed E-state index contributed by atoms with van der Waals surface area (Å²) in [5.41, 5.74) is 0.935. The Hall–Kier alpha value is -1.16. The van der Waals surface area contributed by atoms with E-state index in [0.29, 0.717) is 24.3 Å². The Morgan fingerprint density at radius 1 is 1.30 bits per heavy atom. The normalized spacial score (nSPS) is 33.1. The monoisotopic (exact) mass is 274 g/mol. The largest absolute Gasteiger partial charge is 0.374 e. The van der Waals surface area contributed by atoms with Crippen molar-refractivity contribution in [3.63, 3.8) is 0 Å². The van der Waals surface area contributed by atoms with E-state index in [2.05, 4.69) is 16.0 Å². The van der Waals surface area contributed by atoms with Crippen LogP contribution in [-0.2, 0) is 16.0 Å². The van der Waals surface area contributed by atoms with Gasteiger partial charge in [-0.1, -0.05) is 12.8 Å². The summed E-state index contributed by atoms with van der Waals surface area (Å²) in [5.74, 6) is 0.458. The maximum absolute atomic E-state index is 12.4. The lowest BCUT2D eigenvalue weighted by molar-refractivity contribution is -0.123. The van der Waals surface area contributed by atoms with Crippen LogP contribution in [0.4, 0.5) is 0 Å². The molecular weight excluding hydrogens is 252 g/mol. The average molecular weight is 274 g/mol. The van der Waals surface area contributed by atoms with Gasteiger partial charge in [0.15, 0.2) is 0 Å². The van der Waals surface area contributed by atoms with E-state index in [-0.39, 0.29) is 12.0 Å². The topological polar surface area (TPSA) is 44.1 Å². The van der Waals surface area contributed by atoms with E-state index in [4.69, 9.17) is 4.74 Å². The van der Waals surface area contributed by atoms with Crippen LogP contribution >= 0.6 is 0 Å². The van der Waals surface area contributed by atoms with Crippen LogP contribution in [0.15, 0.2) is 12.3 Å². The first-order valence-electron chi connectivity index (χ1n) is 8.02. The summed E-state index contributed by atoms with van der Waals surface area (Å²) in [6.07, 6.45) is 11.3. The minimum absolute atomic E-state index is 0.130. The van der Waals surface area contributed by atoms with Crippen molar-refractivity contribution in [3.05, 3.63) is 18.0 Å². The molecule has 3 aliphatic rings. The number of nitrogens with zero attached hydrogens (tertiary/aromatic N) is 2. The summed E-state index contributed by atoms with van der Waals surface area (Å²) in [6, 6.07) is 2.58. The lowest BCUT2D eigenvalue weighted by Gasteiger charge is -2.16. The van der Waals surface area contributed by atoms with E-state index in [0.717, 1.165) is 25.0 Å². The van der Waals surface area contributed by atoms with E-state index in [1.807, 2.05) is 6.07 Å². The highest BCUT2D eigenvalue weighted by Crippen LogP contribution is 2.39. The molecule has 3 fully saturated rings. The fourth-order valence-electron chi connectivity index (χ4n) is 4.13. The summed E-state index contributed by atoms with van der Waals surface area (Å²) in [4.78, 5) is 12.4. The molecule has 3 unspecified atom stereocenters. The molecule has 2 bridgehead atoms. The first-order valence-corrected chi connectivity index (χ1v) is 8.02. The number of hydrogen-bond acceptors (Lipinski definition) is 3. The second kappa shape index (κ2) is 4.99.